The number of rotatable bonds is 4. The molecule has 2 aromatic rings. The van der Waals surface area contributed by atoms with E-state index in [2.05, 4.69) is 27.4 Å². The molecule has 0 unspecified atom stereocenters. The Morgan fingerprint density at radius 2 is 2.29 bits per heavy atom. The first-order valence-electron chi connectivity index (χ1n) is 5.91. The maximum absolute atomic E-state index is 11.1. The van der Waals surface area contributed by atoms with E-state index in [0.717, 1.165) is 23.3 Å². The average molecular weight is 231 g/mol. The molecule has 0 fully saturated rings. The third-order valence-electron chi connectivity index (χ3n) is 2.72. The van der Waals surface area contributed by atoms with E-state index in [-0.39, 0.29) is 5.91 Å². The second-order valence-electron chi connectivity index (χ2n) is 4.13. The van der Waals surface area contributed by atoms with Gasteiger partial charge in [0.15, 0.2) is 0 Å². The van der Waals surface area contributed by atoms with E-state index < -0.39 is 0 Å². The van der Waals surface area contributed by atoms with Gasteiger partial charge in [-0.25, -0.2) is 4.98 Å². The number of carbonyl (C=O) groups excluding carboxylic acids is 1. The van der Waals surface area contributed by atoms with Crippen LogP contribution in [0.25, 0.3) is 11.0 Å². The SMILES string of the molecule is CCC(=O)NCCc1ccc2nc(C)[nH]c2c1. The lowest BCUT2D eigenvalue weighted by molar-refractivity contribution is -0.120. The second-order valence-corrected chi connectivity index (χ2v) is 4.13. The van der Waals surface area contributed by atoms with Crippen molar-refractivity contribution in [3.63, 3.8) is 0 Å². The Hall–Kier alpha value is -1.84. The Morgan fingerprint density at radius 3 is 3.06 bits per heavy atom. The van der Waals surface area contributed by atoms with Crippen LogP contribution in [0.5, 0.6) is 0 Å². The van der Waals surface area contributed by atoms with E-state index in [4.69, 9.17) is 0 Å². The van der Waals surface area contributed by atoms with E-state index in [1.807, 2.05) is 19.9 Å². The van der Waals surface area contributed by atoms with Gasteiger partial charge in [0.1, 0.15) is 5.82 Å². The van der Waals surface area contributed by atoms with E-state index in [0.29, 0.717) is 13.0 Å². The summed E-state index contributed by atoms with van der Waals surface area (Å²) < 4.78 is 0. The summed E-state index contributed by atoms with van der Waals surface area (Å²) in [5.41, 5.74) is 3.25. The van der Waals surface area contributed by atoms with Gasteiger partial charge in [0.25, 0.3) is 0 Å². The molecule has 2 N–H and O–H groups in total. The number of aryl methyl sites for hydroxylation is 1. The minimum Gasteiger partial charge on any atom is -0.356 e. The summed E-state index contributed by atoms with van der Waals surface area (Å²) in [6, 6.07) is 6.16. The summed E-state index contributed by atoms with van der Waals surface area (Å²) >= 11 is 0. The third kappa shape index (κ3) is 2.84. The van der Waals surface area contributed by atoms with Gasteiger partial charge in [-0.1, -0.05) is 13.0 Å². The topological polar surface area (TPSA) is 57.8 Å². The van der Waals surface area contributed by atoms with Crippen molar-refractivity contribution in [3.8, 4) is 0 Å². The maximum Gasteiger partial charge on any atom is 0.219 e. The van der Waals surface area contributed by atoms with Crippen LogP contribution >= 0.6 is 0 Å². The summed E-state index contributed by atoms with van der Waals surface area (Å²) in [7, 11) is 0. The van der Waals surface area contributed by atoms with Gasteiger partial charge in [0.2, 0.25) is 5.91 Å². The fraction of sp³-hybridized carbons (Fsp3) is 0.385. The largest absolute Gasteiger partial charge is 0.356 e. The number of aromatic amines is 1. The molecule has 0 bridgehead atoms. The van der Waals surface area contributed by atoms with Crippen molar-refractivity contribution in [2.75, 3.05) is 6.54 Å². The van der Waals surface area contributed by atoms with Crippen LogP contribution in [0.15, 0.2) is 18.2 Å². The van der Waals surface area contributed by atoms with E-state index in [9.17, 15) is 4.79 Å². The Balaban J connectivity index is 2.01. The number of amides is 1. The lowest BCUT2D eigenvalue weighted by Crippen LogP contribution is -2.24. The molecule has 0 aliphatic carbocycles. The molecular formula is C13H17N3O. The summed E-state index contributed by atoms with van der Waals surface area (Å²) in [5, 5.41) is 2.87. The molecule has 1 heterocycles. The lowest BCUT2D eigenvalue weighted by atomic mass is 10.1. The van der Waals surface area contributed by atoms with Gasteiger partial charge in [0.05, 0.1) is 11.0 Å². The standard InChI is InChI=1S/C13H17N3O/c1-3-13(17)14-7-6-10-4-5-11-12(8-10)16-9(2)15-11/h4-5,8H,3,6-7H2,1-2H3,(H,14,17)(H,15,16). The highest BCUT2D eigenvalue weighted by molar-refractivity contribution is 5.76. The maximum atomic E-state index is 11.1. The molecule has 0 radical (unpaired) electrons. The molecule has 0 aliphatic rings. The number of nitrogens with one attached hydrogen (secondary N) is 2. The van der Waals surface area contributed by atoms with Crippen LogP contribution in [0, 0.1) is 6.92 Å². The predicted molar refractivity (Wildman–Crippen MR) is 67.8 cm³/mol. The molecule has 2 rings (SSSR count). The normalized spacial score (nSPS) is 10.7. The van der Waals surface area contributed by atoms with Crippen LogP contribution in [0.2, 0.25) is 0 Å². The smallest absolute Gasteiger partial charge is 0.219 e. The molecule has 17 heavy (non-hydrogen) atoms. The zero-order valence-corrected chi connectivity index (χ0v) is 10.2. The van der Waals surface area contributed by atoms with Crippen molar-refractivity contribution in [3.05, 3.63) is 29.6 Å². The summed E-state index contributed by atoms with van der Waals surface area (Å²) in [6.07, 6.45) is 1.39. The van der Waals surface area contributed by atoms with Crippen molar-refractivity contribution in [1.82, 2.24) is 15.3 Å². The number of imidazole rings is 1. The van der Waals surface area contributed by atoms with Gasteiger partial charge in [-0.05, 0) is 31.0 Å². The fourth-order valence-corrected chi connectivity index (χ4v) is 1.81. The van der Waals surface area contributed by atoms with Gasteiger partial charge < -0.3 is 10.3 Å². The van der Waals surface area contributed by atoms with Gasteiger partial charge in [-0.15, -0.1) is 0 Å². The molecule has 4 heteroatoms. The molecule has 1 amide bonds. The van der Waals surface area contributed by atoms with Crippen LogP contribution in [0.1, 0.15) is 24.7 Å². The van der Waals surface area contributed by atoms with E-state index in [1.165, 1.54) is 5.56 Å². The quantitative estimate of drug-likeness (QED) is 0.844. The average Bonchev–Trinajstić information content (AvgIpc) is 2.68. The number of H-pyrrole nitrogens is 1. The molecule has 0 spiro atoms. The first kappa shape index (κ1) is 11.6. The molecule has 4 nitrogen and oxygen atoms in total. The molecule has 0 aliphatic heterocycles. The Labute approximate surface area is 100 Å². The van der Waals surface area contributed by atoms with Gasteiger partial charge in [0, 0.05) is 13.0 Å². The van der Waals surface area contributed by atoms with Crippen molar-refractivity contribution >= 4 is 16.9 Å². The molecule has 1 aromatic carbocycles. The van der Waals surface area contributed by atoms with Crippen LogP contribution in [-0.2, 0) is 11.2 Å². The number of aromatic nitrogens is 2. The van der Waals surface area contributed by atoms with Gasteiger partial charge >= 0.3 is 0 Å². The van der Waals surface area contributed by atoms with Crippen LogP contribution < -0.4 is 5.32 Å². The number of hydrogen-bond acceptors (Lipinski definition) is 2. The van der Waals surface area contributed by atoms with Crippen LogP contribution in [-0.4, -0.2) is 22.4 Å². The van der Waals surface area contributed by atoms with Crippen molar-refractivity contribution in [1.29, 1.82) is 0 Å². The highest BCUT2D eigenvalue weighted by Crippen LogP contribution is 2.13. The highest BCUT2D eigenvalue weighted by Gasteiger charge is 2.01. The Bertz CT molecular complexity index is 530. The van der Waals surface area contributed by atoms with E-state index >= 15 is 0 Å². The minimum absolute atomic E-state index is 0.100. The third-order valence-corrected chi connectivity index (χ3v) is 2.72. The molecule has 90 valence electrons. The zero-order valence-electron chi connectivity index (χ0n) is 10.2. The number of benzene rings is 1. The molecule has 0 atom stereocenters. The summed E-state index contributed by atoms with van der Waals surface area (Å²) in [5.74, 6) is 1.03. The van der Waals surface area contributed by atoms with Gasteiger partial charge in [-0.3, -0.25) is 4.79 Å². The molecule has 0 saturated carbocycles. The highest BCUT2D eigenvalue weighted by atomic mass is 16.1. The van der Waals surface area contributed by atoms with Crippen molar-refractivity contribution in [2.24, 2.45) is 0 Å². The number of hydrogen-bond donors (Lipinski definition) is 2. The van der Waals surface area contributed by atoms with Crippen molar-refractivity contribution in [2.45, 2.75) is 26.7 Å². The number of nitrogens with zero attached hydrogens (tertiary/aromatic N) is 1. The monoisotopic (exact) mass is 231 g/mol. The number of carbonyl (C=O) groups is 1. The Kier molecular flexibility index (Phi) is 3.42. The molecular weight excluding hydrogens is 214 g/mol. The summed E-state index contributed by atoms with van der Waals surface area (Å²) in [4.78, 5) is 18.7. The van der Waals surface area contributed by atoms with Crippen LogP contribution in [0.3, 0.4) is 0 Å². The Morgan fingerprint density at radius 1 is 1.47 bits per heavy atom. The zero-order chi connectivity index (χ0) is 12.3. The first-order valence-corrected chi connectivity index (χ1v) is 5.91. The number of fused-ring (bicyclic) bond motifs is 1. The summed E-state index contributed by atoms with van der Waals surface area (Å²) in [6.45, 7) is 4.49. The van der Waals surface area contributed by atoms with Crippen molar-refractivity contribution < 1.29 is 4.79 Å². The molecule has 0 saturated heterocycles. The molecule has 1 aromatic heterocycles. The fourth-order valence-electron chi connectivity index (χ4n) is 1.81. The van der Waals surface area contributed by atoms with Crippen LogP contribution in [0.4, 0.5) is 0 Å². The van der Waals surface area contributed by atoms with E-state index in [1.54, 1.807) is 0 Å². The van der Waals surface area contributed by atoms with Gasteiger partial charge in [-0.2, -0.15) is 0 Å². The lowest BCUT2D eigenvalue weighted by Gasteiger charge is -2.03. The second kappa shape index (κ2) is 4.99. The first-order chi connectivity index (χ1) is 8.19. The predicted octanol–water partition coefficient (Wildman–Crippen LogP) is 1.94. The minimum atomic E-state index is 0.100.